The number of sulfonamides is 1. The van der Waals surface area contributed by atoms with Crippen molar-refractivity contribution >= 4 is 42.6 Å². The lowest BCUT2D eigenvalue weighted by Gasteiger charge is -2.12. The summed E-state index contributed by atoms with van der Waals surface area (Å²) in [5, 5.41) is 5.67. The first-order chi connectivity index (χ1) is 9.82. The first-order valence-corrected chi connectivity index (χ1v) is 9.03. The number of amides is 1. The molecule has 1 saturated heterocycles. The fourth-order valence-electron chi connectivity index (χ4n) is 2.54. The number of carbonyl (C=O) groups is 1. The topological polar surface area (TPSA) is 93.4 Å². The van der Waals surface area contributed by atoms with Crippen LogP contribution in [-0.2, 0) is 14.8 Å². The quantitative estimate of drug-likeness (QED) is 0.919. The zero-order valence-corrected chi connectivity index (χ0v) is 13.1. The van der Waals surface area contributed by atoms with Crippen molar-refractivity contribution in [2.24, 2.45) is 11.1 Å². The molecule has 2 heterocycles. The van der Waals surface area contributed by atoms with Gasteiger partial charge < -0.3 is 0 Å². The predicted octanol–water partition coefficient (Wildman–Crippen LogP) is 1.25. The molecule has 1 aliphatic heterocycles. The number of fused-ring (bicyclic) bond motifs is 1. The molecule has 21 heavy (non-hydrogen) atoms. The maximum Gasteiger partial charge on any atom is 0.229 e. The minimum atomic E-state index is -3.56. The SMILES string of the molecule is Cc1ccc2nc(N3CC(CS(N)(=O)=O)CC3=O)sc2c1. The fraction of sp³-hybridized carbons (Fsp3) is 0.385. The van der Waals surface area contributed by atoms with Crippen molar-refractivity contribution in [3.8, 4) is 0 Å². The third-order valence-electron chi connectivity index (χ3n) is 3.44. The Morgan fingerprint density at radius 2 is 2.24 bits per heavy atom. The second-order valence-electron chi connectivity index (χ2n) is 5.37. The Labute approximate surface area is 126 Å². The minimum Gasteiger partial charge on any atom is -0.288 e. The number of primary sulfonamides is 1. The fourth-order valence-corrected chi connectivity index (χ4v) is 4.51. The molecule has 0 aliphatic carbocycles. The molecule has 1 aliphatic rings. The molecule has 1 aromatic heterocycles. The Balaban J connectivity index is 1.87. The van der Waals surface area contributed by atoms with Gasteiger partial charge >= 0.3 is 0 Å². The summed E-state index contributed by atoms with van der Waals surface area (Å²) in [5.74, 6) is -0.528. The Morgan fingerprint density at radius 3 is 2.95 bits per heavy atom. The molecular formula is C13H15N3O3S2. The number of hydrogen-bond donors (Lipinski definition) is 1. The predicted molar refractivity (Wildman–Crippen MR) is 82.8 cm³/mol. The maximum absolute atomic E-state index is 12.1. The van der Waals surface area contributed by atoms with E-state index < -0.39 is 10.0 Å². The summed E-state index contributed by atoms with van der Waals surface area (Å²) in [6.45, 7) is 2.36. The van der Waals surface area contributed by atoms with Gasteiger partial charge in [0.1, 0.15) is 0 Å². The summed E-state index contributed by atoms with van der Waals surface area (Å²) in [6, 6.07) is 5.92. The summed E-state index contributed by atoms with van der Waals surface area (Å²) >= 11 is 1.45. The summed E-state index contributed by atoms with van der Waals surface area (Å²) in [7, 11) is -3.56. The van der Waals surface area contributed by atoms with Gasteiger partial charge in [-0.05, 0) is 24.6 Å². The van der Waals surface area contributed by atoms with Crippen LogP contribution in [0.15, 0.2) is 18.2 Å². The van der Waals surface area contributed by atoms with Gasteiger partial charge in [-0.25, -0.2) is 18.5 Å². The van der Waals surface area contributed by atoms with Crippen LogP contribution in [0.1, 0.15) is 12.0 Å². The molecule has 0 saturated carbocycles. The lowest BCUT2D eigenvalue weighted by molar-refractivity contribution is -0.117. The first kappa shape index (κ1) is 14.4. The number of carbonyl (C=O) groups excluding carboxylic acids is 1. The average molecular weight is 325 g/mol. The van der Waals surface area contributed by atoms with Gasteiger partial charge in [-0.3, -0.25) is 9.69 Å². The van der Waals surface area contributed by atoms with Crippen LogP contribution in [0.25, 0.3) is 10.2 Å². The number of anilines is 1. The number of hydrogen-bond acceptors (Lipinski definition) is 5. The number of benzene rings is 1. The molecule has 1 amide bonds. The van der Waals surface area contributed by atoms with Crippen molar-refractivity contribution < 1.29 is 13.2 Å². The Hall–Kier alpha value is -1.51. The standard InChI is InChI=1S/C13H15N3O3S2/c1-8-2-3-10-11(4-8)20-13(15-10)16-6-9(5-12(16)17)7-21(14,18)19/h2-4,9H,5-7H2,1H3,(H2,14,18,19). The number of nitrogens with zero attached hydrogens (tertiary/aromatic N) is 2. The van der Waals surface area contributed by atoms with E-state index in [9.17, 15) is 13.2 Å². The molecule has 1 unspecified atom stereocenters. The van der Waals surface area contributed by atoms with E-state index in [4.69, 9.17) is 5.14 Å². The van der Waals surface area contributed by atoms with Crippen LogP contribution in [0.4, 0.5) is 5.13 Å². The zero-order valence-electron chi connectivity index (χ0n) is 11.4. The van der Waals surface area contributed by atoms with Crippen molar-refractivity contribution in [2.75, 3.05) is 17.2 Å². The summed E-state index contributed by atoms with van der Waals surface area (Å²) < 4.78 is 23.3. The zero-order chi connectivity index (χ0) is 15.2. The molecular weight excluding hydrogens is 310 g/mol. The van der Waals surface area contributed by atoms with Gasteiger partial charge in [-0.2, -0.15) is 0 Å². The number of rotatable bonds is 3. The molecule has 1 aromatic carbocycles. The highest BCUT2D eigenvalue weighted by molar-refractivity contribution is 7.89. The molecule has 2 aromatic rings. The van der Waals surface area contributed by atoms with Crippen LogP contribution < -0.4 is 10.0 Å². The van der Waals surface area contributed by atoms with Crippen molar-refractivity contribution in [3.05, 3.63) is 23.8 Å². The van der Waals surface area contributed by atoms with Gasteiger partial charge in [0.2, 0.25) is 15.9 Å². The molecule has 112 valence electrons. The van der Waals surface area contributed by atoms with E-state index in [1.807, 2.05) is 25.1 Å². The Morgan fingerprint density at radius 1 is 1.48 bits per heavy atom. The lowest BCUT2D eigenvalue weighted by Crippen LogP contribution is -2.27. The highest BCUT2D eigenvalue weighted by atomic mass is 32.2. The number of nitrogens with two attached hydrogens (primary N) is 1. The van der Waals surface area contributed by atoms with E-state index in [0.717, 1.165) is 15.8 Å². The summed E-state index contributed by atoms with van der Waals surface area (Å²) in [5.41, 5.74) is 1.99. The molecule has 0 radical (unpaired) electrons. The Kier molecular flexibility index (Phi) is 3.46. The van der Waals surface area contributed by atoms with Crippen molar-refractivity contribution in [1.82, 2.24) is 4.98 Å². The first-order valence-electron chi connectivity index (χ1n) is 6.50. The lowest BCUT2D eigenvalue weighted by atomic mass is 10.1. The second kappa shape index (κ2) is 5.04. The van der Waals surface area contributed by atoms with E-state index in [0.29, 0.717) is 11.7 Å². The van der Waals surface area contributed by atoms with Gasteiger partial charge in [0.05, 0.1) is 16.0 Å². The third-order valence-corrected chi connectivity index (χ3v) is 5.41. The van der Waals surface area contributed by atoms with Crippen LogP contribution >= 0.6 is 11.3 Å². The van der Waals surface area contributed by atoms with Gasteiger partial charge in [0.25, 0.3) is 0 Å². The second-order valence-corrected chi connectivity index (χ2v) is 8.04. The monoisotopic (exact) mass is 325 g/mol. The smallest absolute Gasteiger partial charge is 0.229 e. The Bertz CT molecular complexity index is 813. The van der Waals surface area contributed by atoms with E-state index in [-0.39, 0.29) is 24.0 Å². The van der Waals surface area contributed by atoms with E-state index in [2.05, 4.69) is 4.98 Å². The van der Waals surface area contributed by atoms with Gasteiger partial charge in [-0.15, -0.1) is 0 Å². The van der Waals surface area contributed by atoms with Crippen molar-refractivity contribution in [3.63, 3.8) is 0 Å². The molecule has 1 fully saturated rings. The normalized spacial score (nSPS) is 19.6. The maximum atomic E-state index is 12.1. The number of aromatic nitrogens is 1. The highest BCUT2D eigenvalue weighted by Gasteiger charge is 2.34. The summed E-state index contributed by atoms with van der Waals surface area (Å²) in [6.07, 6.45) is 0.200. The third kappa shape index (κ3) is 3.07. The van der Waals surface area contributed by atoms with Gasteiger partial charge in [0, 0.05) is 18.9 Å². The van der Waals surface area contributed by atoms with Crippen LogP contribution in [0.2, 0.25) is 0 Å². The van der Waals surface area contributed by atoms with Gasteiger partial charge in [0.15, 0.2) is 5.13 Å². The molecule has 6 nitrogen and oxygen atoms in total. The van der Waals surface area contributed by atoms with Crippen molar-refractivity contribution in [1.29, 1.82) is 0 Å². The number of thiazole rings is 1. The molecule has 2 N–H and O–H groups in total. The molecule has 0 spiro atoms. The molecule has 1 atom stereocenters. The van der Waals surface area contributed by atoms with E-state index in [1.54, 1.807) is 4.90 Å². The van der Waals surface area contributed by atoms with Crippen molar-refractivity contribution in [2.45, 2.75) is 13.3 Å². The summed E-state index contributed by atoms with van der Waals surface area (Å²) in [4.78, 5) is 18.1. The molecule has 0 bridgehead atoms. The van der Waals surface area contributed by atoms with Crippen LogP contribution in [-0.4, -0.2) is 31.6 Å². The van der Waals surface area contributed by atoms with Crippen LogP contribution in [0, 0.1) is 12.8 Å². The van der Waals surface area contributed by atoms with Gasteiger partial charge in [-0.1, -0.05) is 17.4 Å². The van der Waals surface area contributed by atoms with Crippen LogP contribution in [0.5, 0.6) is 0 Å². The average Bonchev–Trinajstić information content (AvgIpc) is 2.89. The molecule has 8 heteroatoms. The van der Waals surface area contributed by atoms with E-state index in [1.165, 1.54) is 11.3 Å². The highest BCUT2D eigenvalue weighted by Crippen LogP contribution is 2.33. The minimum absolute atomic E-state index is 0.0978. The number of aryl methyl sites for hydroxylation is 1. The largest absolute Gasteiger partial charge is 0.288 e. The molecule has 3 rings (SSSR count). The van der Waals surface area contributed by atoms with Crippen LogP contribution in [0.3, 0.4) is 0 Å². The van der Waals surface area contributed by atoms with E-state index >= 15 is 0 Å².